The molecule has 0 spiro atoms. The smallest absolute Gasteiger partial charge is 0.122 e. The van der Waals surface area contributed by atoms with Crippen LogP contribution in [-0.4, -0.2) is 20.7 Å². The Morgan fingerprint density at radius 2 is 2.05 bits per heavy atom. The molecule has 2 aromatic carbocycles. The summed E-state index contributed by atoms with van der Waals surface area (Å²) in [5, 5.41) is 3.53. The fourth-order valence-corrected chi connectivity index (χ4v) is 2.95. The van der Waals surface area contributed by atoms with Gasteiger partial charge in [0, 0.05) is 31.5 Å². The second-order valence-electron chi connectivity index (χ2n) is 5.45. The summed E-state index contributed by atoms with van der Waals surface area (Å²) in [7, 11) is 4.11. The van der Waals surface area contributed by atoms with Gasteiger partial charge in [-0.1, -0.05) is 28.1 Å². The van der Waals surface area contributed by atoms with Gasteiger partial charge in [0.25, 0.3) is 0 Å². The number of halogens is 1. The van der Waals surface area contributed by atoms with Crippen LogP contribution in [0.5, 0.6) is 5.75 Å². The first-order valence-corrected chi connectivity index (χ1v) is 7.88. The molecule has 0 bridgehead atoms. The average Bonchev–Trinajstić information content (AvgIpc) is 2.92. The SMILES string of the molecule is CN(C)c1ccc(Br)cc1NCc1ccc2c(c1)CCO2. The van der Waals surface area contributed by atoms with Gasteiger partial charge in [-0.25, -0.2) is 0 Å². The molecule has 3 nitrogen and oxygen atoms in total. The Morgan fingerprint density at radius 3 is 2.86 bits per heavy atom. The van der Waals surface area contributed by atoms with E-state index in [2.05, 4.69) is 76.6 Å². The fourth-order valence-electron chi connectivity index (χ4n) is 2.59. The number of hydrogen-bond acceptors (Lipinski definition) is 3. The molecule has 0 saturated heterocycles. The average molecular weight is 347 g/mol. The molecule has 0 amide bonds. The predicted octanol–water partition coefficient (Wildman–Crippen LogP) is 4.06. The molecule has 0 radical (unpaired) electrons. The molecule has 1 heterocycles. The Kier molecular flexibility index (Phi) is 4.06. The molecule has 110 valence electrons. The zero-order valence-electron chi connectivity index (χ0n) is 12.3. The van der Waals surface area contributed by atoms with Crippen molar-refractivity contribution in [2.45, 2.75) is 13.0 Å². The molecule has 0 unspecified atom stereocenters. The van der Waals surface area contributed by atoms with Gasteiger partial charge in [-0.15, -0.1) is 0 Å². The van der Waals surface area contributed by atoms with Crippen LogP contribution < -0.4 is 15.0 Å². The van der Waals surface area contributed by atoms with Crippen LogP contribution in [-0.2, 0) is 13.0 Å². The normalized spacial score (nSPS) is 12.7. The number of benzene rings is 2. The van der Waals surface area contributed by atoms with Crippen LogP contribution in [0.4, 0.5) is 11.4 Å². The van der Waals surface area contributed by atoms with Gasteiger partial charge in [0.1, 0.15) is 5.75 Å². The first kappa shape index (κ1) is 14.3. The molecule has 2 aromatic rings. The summed E-state index contributed by atoms with van der Waals surface area (Å²) in [6.07, 6.45) is 1.02. The summed E-state index contributed by atoms with van der Waals surface area (Å²) >= 11 is 3.54. The zero-order chi connectivity index (χ0) is 14.8. The molecule has 1 aliphatic heterocycles. The number of fused-ring (bicyclic) bond motifs is 1. The lowest BCUT2D eigenvalue weighted by Crippen LogP contribution is -2.12. The van der Waals surface area contributed by atoms with Crippen LogP contribution in [0.1, 0.15) is 11.1 Å². The summed E-state index contributed by atoms with van der Waals surface area (Å²) in [6, 6.07) is 12.7. The number of nitrogens with one attached hydrogen (secondary N) is 1. The first-order chi connectivity index (χ1) is 10.1. The maximum atomic E-state index is 5.55. The minimum absolute atomic E-state index is 0.808. The monoisotopic (exact) mass is 346 g/mol. The van der Waals surface area contributed by atoms with Gasteiger partial charge in [-0.3, -0.25) is 0 Å². The van der Waals surface area contributed by atoms with Crippen LogP contribution >= 0.6 is 15.9 Å². The highest BCUT2D eigenvalue weighted by molar-refractivity contribution is 9.10. The zero-order valence-corrected chi connectivity index (χ0v) is 13.9. The Morgan fingerprint density at radius 1 is 1.19 bits per heavy atom. The Hall–Kier alpha value is -1.68. The van der Waals surface area contributed by atoms with Crippen molar-refractivity contribution in [3.05, 3.63) is 52.0 Å². The van der Waals surface area contributed by atoms with E-state index in [0.717, 1.165) is 35.5 Å². The molecule has 21 heavy (non-hydrogen) atoms. The lowest BCUT2D eigenvalue weighted by molar-refractivity contribution is 0.357. The van der Waals surface area contributed by atoms with Gasteiger partial charge < -0.3 is 15.0 Å². The van der Waals surface area contributed by atoms with Crippen LogP contribution in [0.25, 0.3) is 0 Å². The number of rotatable bonds is 4. The van der Waals surface area contributed by atoms with Crippen LogP contribution in [0, 0.1) is 0 Å². The van der Waals surface area contributed by atoms with E-state index in [1.165, 1.54) is 16.8 Å². The van der Waals surface area contributed by atoms with Crippen molar-refractivity contribution in [2.24, 2.45) is 0 Å². The van der Waals surface area contributed by atoms with Crippen LogP contribution in [0.3, 0.4) is 0 Å². The summed E-state index contributed by atoms with van der Waals surface area (Å²) in [5.74, 6) is 1.04. The van der Waals surface area contributed by atoms with E-state index < -0.39 is 0 Å². The molecule has 0 fully saturated rings. The minimum atomic E-state index is 0.808. The van der Waals surface area contributed by atoms with E-state index in [1.54, 1.807) is 0 Å². The third-order valence-corrected chi connectivity index (χ3v) is 4.17. The van der Waals surface area contributed by atoms with Crippen molar-refractivity contribution in [3.8, 4) is 5.75 Å². The highest BCUT2D eigenvalue weighted by Crippen LogP contribution is 2.30. The molecule has 0 aromatic heterocycles. The molecule has 1 aliphatic rings. The number of ether oxygens (including phenoxy) is 1. The van der Waals surface area contributed by atoms with Crippen LogP contribution in [0.2, 0.25) is 0 Å². The largest absolute Gasteiger partial charge is 0.493 e. The van der Waals surface area contributed by atoms with Gasteiger partial charge in [-0.2, -0.15) is 0 Å². The van der Waals surface area contributed by atoms with Crippen molar-refractivity contribution in [1.29, 1.82) is 0 Å². The van der Waals surface area contributed by atoms with Crippen molar-refractivity contribution in [3.63, 3.8) is 0 Å². The number of nitrogens with zero attached hydrogens (tertiary/aromatic N) is 1. The summed E-state index contributed by atoms with van der Waals surface area (Å²) < 4.78 is 6.63. The maximum absolute atomic E-state index is 5.55. The third kappa shape index (κ3) is 3.16. The second-order valence-corrected chi connectivity index (χ2v) is 6.37. The van der Waals surface area contributed by atoms with E-state index in [1.807, 2.05) is 0 Å². The fraction of sp³-hybridized carbons (Fsp3) is 0.294. The number of anilines is 2. The van der Waals surface area contributed by atoms with Gasteiger partial charge in [-0.05, 0) is 35.4 Å². The van der Waals surface area contributed by atoms with Crippen molar-refractivity contribution in [2.75, 3.05) is 30.9 Å². The summed E-state index contributed by atoms with van der Waals surface area (Å²) in [5.41, 5.74) is 4.91. The van der Waals surface area contributed by atoms with Crippen molar-refractivity contribution >= 4 is 27.3 Å². The van der Waals surface area contributed by atoms with E-state index in [9.17, 15) is 0 Å². The molecule has 4 heteroatoms. The van der Waals surface area contributed by atoms with Gasteiger partial charge in [0.05, 0.1) is 18.0 Å². The molecule has 3 rings (SSSR count). The third-order valence-electron chi connectivity index (χ3n) is 3.68. The van der Waals surface area contributed by atoms with E-state index in [4.69, 9.17) is 4.74 Å². The van der Waals surface area contributed by atoms with E-state index in [0.29, 0.717) is 0 Å². The standard InChI is InChI=1S/C17H19BrN2O/c1-20(2)16-5-4-14(18)10-15(16)19-11-12-3-6-17-13(9-12)7-8-21-17/h3-6,9-10,19H,7-8,11H2,1-2H3. The summed E-state index contributed by atoms with van der Waals surface area (Å²) in [4.78, 5) is 2.12. The molecular formula is C17H19BrN2O. The molecule has 0 aliphatic carbocycles. The second kappa shape index (κ2) is 5.98. The Bertz CT molecular complexity index is 655. The van der Waals surface area contributed by atoms with Crippen molar-refractivity contribution < 1.29 is 4.74 Å². The lowest BCUT2D eigenvalue weighted by atomic mass is 10.1. The van der Waals surface area contributed by atoms with Crippen LogP contribution in [0.15, 0.2) is 40.9 Å². The molecule has 0 atom stereocenters. The highest BCUT2D eigenvalue weighted by Gasteiger charge is 2.12. The molecule has 0 saturated carbocycles. The summed E-state index contributed by atoms with van der Waals surface area (Å²) in [6.45, 7) is 1.62. The van der Waals surface area contributed by atoms with Crippen molar-refractivity contribution in [1.82, 2.24) is 0 Å². The van der Waals surface area contributed by atoms with E-state index >= 15 is 0 Å². The minimum Gasteiger partial charge on any atom is -0.493 e. The Labute approximate surface area is 134 Å². The molecular weight excluding hydrogens is 328 g/mol. The topological polar surface area (TPSA) is 24.5 Å². The van der Waals surface area contributed by atoms with Gasteiger partial charge in [0.2, 0.25) is 0 Å². The lowest BCUT2D eigenvalue weighted by Gasteiger charge is -2.19. The predicted molar refractivity (Wildman–Crippen MR) is 91.4 cm³/mol. The Balaban J connectivity index is 1.77. The molecule has 1 N–H and O–H groups in total. The van der Waals surface area contributed by atoms with Gasteiger partial charge in [0.15, 0.2) is 0 Å². The highest BCUT2D eigenvalue weighted by atomic mass is 79.9. The van der Waals surface area contributed by atoms with E-state index in [-0.39, 0.29) is 0 Å². The first-order valence-electron chi connectivity index (χ1n) is 7.09. The number of hydrogen-bond donors (Lipinski definition) is 1. The maximum Gasteiger partial charge on any atom is 0.122 e. The van der Waals surface area contributed by atoms with Gasteiger partial charge >= 0.3 is 0 Å². The quantitative estimate of drug-likeness (QED) is 0.903.